The molecule has 0 bridgehead atoms. The summed E-state index contributed by atoms with van der Waals surface area (Å²) < 4.78 is 5.57. The molecule has 0 saturated heterocycles. The predicted octanol–water partition coefficient (Wildman–Crippen LogP) is 2.05. The van der Waals surface area contributed by atoms with Crippen LogP contribution < -0.4 is 15.4 Å². The molecule has 0 aliphatic rings. The SMILES string of the molecule is CC(C)COc1nc(N(C)CCC#N)ccc1N. The Morgan fingerprint density at radius 2 is 2.22 bits per heavy atom. The molecular weight excluding hydrogens is 228 g/mol. The summed E-state index contributed by atoms with van der Waals surface area (Å²) in [5.74, 6) is 1.65. The van der Waals surface area contributed by atoms with Crippen LogP contribution in [-0.2, 0) is 0 Å². The second-order valence-electron chi connectivity index (χ2n) is 4.60. The second kappa shape index (κ2) is 6.70. The number of aromatic nitrogens is 1. The van der Waals surface area contributed by atoms with E-state index in [0.29, 0.717) is 37.1 Å². The fourth-order valence-electron chi connectivity index (χ4n) is 1.35. The molecule has 1 aromatic rings. The summed E-state index contributed by atoms with van der Waals surface area (Å²) >= 11 is 0. The fraction of sp³-hybridized carbons (Fsp3) is 0.538. The Morgan fingerprint density at radius 1 is 1.50 bits per heavy atom. The van der Waals surface area contributed by atoms with E-state index in [1.165, 1.54) is 0 Å². The number of rotatable bonds is 6. The van der Waals surface area contributed by atoms with Gasteiger partial charge in [0.2, 0.25) is 5.88 Å². The third-order valence-corrected chi connectivity index (χ3v) is 2.38. The first kappa shape index (κ1) is 14.1. The number of nitrogens with zero attached hydrogens (tertiary/aromatic N) is 3. The van der Waals surface area contributed by atoms with Crippen molar-refractivity contribution in [1.82, 2.24) is 4.98 Å². The summed E-state index contributed by atoms with van der Waals surface area (Å²) in [6.45, 7) is 5.36. The van der Waals surface area contributed by atoms with Crippen molar-refractivity contribution in [3.63, 3.8) is 0 Å². The Bertz CT molecular complexity index is 425. The molecule has 0 radical (unpaired) electrons. The molecule has 0 aromatic carbocycles. The number of pyridine rings is 1. The number of anilines is 2. The van der Waals surface area contributed by atoms with E-state index >= 15 is 0 Å². The zero-order valence-electron chi connectivity index (χ0n) is 11.2. The van der Waals surface area contributed by atoms with Crippen LogP contribution in [0.25, 0.3) is 0 Å². The summed E-state index contributed by atoms with van der Waals surface area (Å²) in [6.07, 6.45) is 0.463. The third-order valence-electron chi connectivity index (χ3n) is 2.38. The number of ether oxygens (including phenoxy) is 1. The molecule has 0 saturated carbocycles. The van der Waals surface area contributed by atoms with E-state index in [-0.39, 0.29) is 0 Å². The largest absolute Gasteiger partial charge is 0.476 e. The minimum atomic E-state index is 0.422. The lowest BCUT2D eigenvalue weighted by molar-refractivity contribution is 0.263. The van der Waals surface area contributed by atoms with E-state index < -0.39 is 0 Å². The van der Waals surface area contributed by atoms with Gasteiger partial charge in [-0.15, -0.1) is 0 Å². The standard InChI is InChI=1S/C13H20N4O/c1-10(2)9-18-13-11(15)5-6-12(16-13)17(3)8-4-7-14/h5-6,10H,4,8-9,15H2,1-3H3. The summed E-state index contributed by atoms with van der Waals surface area (Å²) in [5, 5.41) is 8.56. The molecule has 1 rings (SSSR count). The average molecular weight is 248 g/mol. The van der Waals surface area contributed by atoms with Crippen LogP contribution >= 0.6 is 0 Å². The molecule has 1 heterocycles. The van der Waals surface area contributed by atoms with E-state index in [1.807, 2.05) is 18.0 Å². The first-order chi connectivity index (χ1) is 8.54. The smallest absolute Gasteiger partial charge is 0.239 e. The van der Waals surface area contributed by atoms with Gasteiger partial charge in [-0.05, 0) is 18.1 Å². The number of nitrogen functional groups attached to an aromatic ring is 1. The van der Waals surface area contributed by atoms with Gasteiger partial charge in [-0.3, -0.25) is 0 Å². The number of nitrogens with two attached hydrogens (primary N) is 1. The van der Waals surface area contributed by atoms with Gasteiger partial charge < -0.3 is 15.4 Å². The summed E-state index contributed by atoms with van der Waals surface area (Å²) in [6, 6.07) is 5.72. The molecule has 0 atom stereocenters. The third kappa shape index (κ3) is 4.13. The Morgan fingerprint density at radius 3 is 2.83 bits per heavy atom. The topological polar surface area (TPSA) is 75.2 Å². The average Bonchev–Trinajstić information content (AvgIpc) is 2.34. The van der Waals surface area contributed by atoms with Gasteiger partial charge in [-0.1, -0.05) is 13.8 Å². The van der Waals surface area contributed by atoms with E-state index in [4.69, 9.17) is 15.7 Å². The fourth-order valence-corrected chi connectivity index (χ4v) is 1.35. The number of hydrogen-bond acceptors (Lipinski definition) is 5. The predicted molar refractivity (Wildman–Crippen MR) is 72.5 cm³/mol. The van der Waals surface area contributed by atoms with Crippen molar-refractivity contribution < 1.29 is 4.74 Å². The van der Waals surface area contributed by atoms with Crippen molar-refractivity contribution in [3.05, 3.63) is 12.1 Å². The minimum absolute atomic E-state index is 0.422. The highest BCUT2D eigenvalue weighted by Crippen LogP contribution is 2.23. The van der Waals surface area contributed by atoms with Crippen molar-refractivity contribution in [2.75, 3.05) is 30.8 Å². The van der Waals surface area contributed by atoms with Crippen molar-refractivity contribution in [2.24, 2.45) is 5.92 Å². The van der Waals surface area contributed by atoms with Gasteiger partial charge in [0.15, 0.2) is 0 Å². The number of hydrogen-bond donors (Lipinski definition) is 1. The molecule has 0 unspecified atom stereocenters. The molecule has 0 spiro atoms. The van der Waals surface area contributed by atoms with E-state index in [2.05, 4.69) is 24.9 Å². The first-order valence-electron chi connectivity index (χ1n) is 6.02. The Balaban J connectivity index is 2.76. The highest BCUT2D eigenvalue weighted by atomic mass is 16.5. The van der Waals surface area contributed by atoms with Crippen LogP contribution in [0.15, 0.2) is 12.1 Å². The maximum absolute atomic E-state index is 8.56. The van der Waals surface area contributed by atoms with Crippen molar-refractivity contribution in [2.45, 2.75) is 20.3 Å². The lowest BCUT2D eigenvalue weighted by Crippen LogP contribution is -2.20. The lowest BCUT2D eigenvalue weighted by Gasteiger charge is -2.18. The monoisotopic (exact) mass is 248 g/mol. The van der Waals surface area contributed by atoms with Crippen LogP contribution in [-0.4, -0.2) is 25.2 Å². The van der Waals surface area contributed by atoms with Gasteiger partial charge in [-0.25, -0.2) is 0 Å². The maximum Gasteiger partial charge on any atom is 0.239 e. The van der Waals surface area contributed by atoms with Crippen LogP contribution in [0.1, 0.15) is 20.3 Å². The van der Waals surface area contributed by atoms with Gasteiger partial charge in [0, 0.05) is 13.6 Å². The van der Waals surface area contributed by atoms with Crippen LogP contribution in [0.3, 0.4) is 0 Å². The Hall–Kier alpha value is -1.96. The van der Waals surface area contributed by atoms with Crippen molar-refractivity contribution in [3.8, 4) is 11.9 Å². The number of nitriles is 1. The second-order valence-corrected chi connectivity index (χ2v) is 4.60. The van der Waals surface area contributed by atoms with E-state index in [0.717, 1.165) is 5.82 Å². The highest BCUT2D eigenvalue weighted by Gasteiger charge is 2.08. The van der Waals surface area contributed by atoms with Crippen LogP contribution in [0.4, 0.5) is 11.5 Å². The van der Waals surface area contributed by atoms with Gasteiger partial charge in [0.25, 0.3) is 0 Å². The normalized spacial score (nSPS) is 10.2. The summed E-state index contributed by atoms with van der Waals surface area (Å²) in [7, 11) is 1.89. The van der Waals surface area contributed by atoms with E-state index in [1.54, 1.807) is 6.07 Å². The van der Waals surface area contributed by atoms with Gasteiger partial charge in [0.1, 0.15) is 5.82 Å². The van der Waals surface area contributed by atoms with E-state index in [9.17, 15) is 0 Å². The molecule has 98 valence electrons. The lowest BCUT2D eigenvalue weighted by atomic mass is 10.2. The molecule has 5 nitrogen and oxygen atoms in total. The minimum Gasteiger partial charge on any atom is -0.476 e. The molecule has 5 heteroatoms. The quantitative estimate of drug-likeness (QED) is 0.833. The molecular formula is C13H20N4O. The summed E-state index contributed by atoms with van der Waals surface area (Å²) in [4.78, 5) is 6.27. The van der Waals surface area contributed by atoms with Crippen molar-refractivity contribution in [1.29, 1.82) is 5.26 Å². The molecule has 0 aliphatic carbocycles. The molecule has 0 amide bonds. The molecule has 18 heavy (non-hydrogen) atoms. The zero-order valence-corrected chi connectivity index (χ0v) is 11.2. The Kier molecular flexibility index (Phi) is 5.25. The van der Waals surface area contributed by atoms with Crippen LogP contribution in [0, 0.1) is 17.2 Å². The molecule has 0 aliphatic heterocycles. The molecule has 0 fully saturated rings. The summed E-state index contributed by atoms with van der Waals surface area (Å²) in [5.41, 5.74) is 6.35. The van der Waals surface area contributed by atoms with Crippen molar-refractivity contribution >= 4 is 11.5 Å². The van der Waals surface area contributed by atoms with Crippen LogP contribution in [0.5, 0.6) is 5.88 Å². The maximum atomic E-state index is 8.56. The van der Waals surface area contributed by atoms with Gasteiger partial charge in [0.05, 0.1) is 24.8 Å². The highest BCUT2D eigenvalue weighted by molar-refractivity contribution is 5.54. The molecule has 1 aromatic heterocycles. The van der Waals surface area contributed by atoms with Gasteiger partial charge in [-0.2, -0.15) is 10.2 Å². The molecule has 2 N–H and O–H groups in total. The van der Waals surface area contributed by atoms with Gasteiger partial charge >= 0.3 is 0 Å². The first-order valence-corrected chi connectivity index (χ1v) is 6.02. The Labute approximate surface area is 108 Å². The zero-order chi connectivity index (χ0) is 13.5. The van der Waals surface area contributed by atoms with Crippen LogP contribution in [0.2, 0.25) is 0 Å².